The first-order valence-corrected chi connectivity index (χ1v) is 7.71. The summed E-state index contributed by atoms with van der Waals surface area (Å²) in [5.74, 6) is -1.37. The van der Waals surface area contributed by atoms with E-state index in [-0.39, 0.29) is 17.7 Å². The highest BCUT2D eigenvalue weighted by Crippen LogP contribution is 2.14. The Morgan fingerprint density at radius 2 is 1.68 bits per heavy atom. The van der Waals surface area contributed by atoms with Crippen molar-refractivity contribution in [1.82, 2.24) is 5.32 Å². The first-order valence-electron chi connectivity index (χ1n) is 7.71. The van der Waals surface area contributed by atoms with Crippen LogP contribution in [0.5, 0.6) is 0 Å². The van der Waals surface area contributed by atoms with E-state index in [1.165, 1.54) is 0 Å². The van der Waals surface area contributed by atoms with Gasteiger partial charge < -0.3 is 15.7 Å². The number of carboxylic acid groups (broad SMARTS) is 1. The minimum atomic E-state index is -0.995. The average Bonchev–Trinajstić information content (AvgIpc) is 2.49. The van der Waals surface area contributed by atoms with E-state index in [0.717, 1.165) is 5.69 Å². The Bertz CT molecular complexity index is 488. The van der Waals surface area contributed by atoms with E-state index >= 15 is 0 Å². The topological polar surface area (TPSA) is 78.4 Å². The van der Waals surface area contributed by atoms with Crippen LogP contribution in [-0.2, 0) is 9.59 Å². The van der Waals surface area contributed by atoms with Crippen molar-refractivity contribution in [2.45, 2.75) is 46.2 Å². The van der Waals surface area contributed by atoms with E-state index in [4.69, 9.17) is 0 Å². The molecule has 1 aromatic carbocycles. The second-order valence-electron chi connectivity index (χ2n) is 5.94. The van der Waals surface area contributed by atoms with Gasteiger partial charge in [0.05, 0.1) is 0 Å². The Morgan fingerprint density at radius 1 is 1.09 bits per heavy atom. The van der Waals surface area contributed by atoms with E-state index in [1.54, 1.807) is 0 Å². The normalized spacial score (nSPS) is 15.0. The van der Waals surface area contributed by atoms with Gasteiger partial charge in [-0.3, -0.25) is 4.79 Å². The molecular formula is C17H26N2O3. The van der Waals surface area contributed by atoms with Crippen molar-refractivity contribution in [3.05, 3.63) is 30.3 Å². The fourth-order valence-corrected chi connectivity index (χ4v) is 2.18. The van der Waals surface area contributed by atoms with Gasteiger partial charge in [0.25, 0.3) is 0 Å². The van der Waals surface area contributed by atoms with Gasteiger partial charge in [0.2, 0.25) is 5.91 Å². The summed E-state index contributed by atoms with van der Waals surface area (Å²) in [5.41, 5.74) is 0.840. The highest BCUT2D eigenvalue weighted by Gasteiger charge is 2.30. The predicted molar refractivity (Wildman–Crippen MR) is 87.7 cm³/mol. The van der Waals surface area contributed by atoms with Gasteiger partial charge in [0, 0.05) is 5.69 Å². The number of carboxylic acids is 1. The van der Waals surface area contributed by atoms with Gasteiger partial charge in [-0.05, 0) is 24.0 Å². The Morgan fingerprint density at radius 3 is 2.14 bits per heavy atom. The molecule has 5 nitrogen and oxygen atoms in total. The molecule has 1 amide bonds. The summed E-state index contributed by atoms with van der Waals surface area (Å²) in [6.07, 6.45) is 0.690. The van der Waals surface area contributed by atoms with Gasteiger partial charge in [-0.2, -0.15) is 0 Å². The molecule has 3 atom stereocenters. The van der Waals surface area contributed by atoms with Gasteiger partial charge >= 0.3 is 5.97 Å². The molecule has 0 aliphatic carbocycles. The van der Waals surface area contributed by atoms with Crippen molar-refractivity contribution in [3.63, 3.8) is 0 Å². The summed E-state index contributed by atoms with van der Waals surface area (Å²) in [4.78, 5) is 23.8. The van der Waals surface area contributed by atoms with Crippen molar-refractivity contribution in [3.8, 4) is 0 Å². The molecule has 0 heterocycles. The molecule has 22 heavy (non-hydrogen) atoms. The molecule has 3 N–H and O–H groups in total. The molecule has 0 bridgehead atoms. The highest BCUT2D eigenvalue weighted by atomic mass is 16.4. The van der Waals surface area contributed by atoms with Crippen LogP contribution < -0.4 is 10.6 Å². The average molecular weight is 306 g/mol. The van der Waals surface area contributed by atoms with Crippen LogP contribution in [0.1, 0.15) is 34.1 Å². The number of hydrogen-bond acceptors (Lipinski definition) is 3. The standard InChI is InChI=1S/C17H26N2O3/c1-5-12(4)15(17(21)22)19-16(20)14(11(2)3)18-13-9-7-6-8-10-13/h6-12,14-15,18H,5H2,1-4H3,(H,19,20)(H,21,22)/t12-,14-,15-/m0/s1. The zero-order chi connectivity index (χ0) is 16.7. The molecule has 1 aromatic rings. The highest BCUT2D eigenvalue weighted by molar-refractivity contribution is 5.89. The number of benzene rings is 1. The second-order valence-corrected chi connectivity index (χ2v) is 5.94. The lowest BCUT2D eigenvalue weighted by Gasteiger charge is -2.26. The molecule has 0 unspecified atom stereocenters. The number of rotatable bonds is 8. The van der Waals surface area contributed by atoms with E-state index in [0.29, 0.717) is 6.42 Å². The number of para-hydroxylation sites is 1. The fraction of sp³-hybridized carbons (Fsp3) is 0.529. The van der Waals surface area contributed by atoms with E-state index in [1.807, 2.05) is 58.0 Å². The summed E-state index contributed by atoms with van der Waals surface area (Å²) in [6.45, 7) is 7.60. The van der Waals surface area contributed by atoms with Gasteiger partial charge in [-0.1, -0.05) is 52.3 Å². The zero-order valence-electron chi connectivity index (χ0n) is 13.7. The fourth-order valence-electron chi connectivity index (χ4n) is 2.18. The van der Waals surface area contributed by atoms with Crippen LogP contribution in [0.25, 0.3) is 0 Å². The zero-order valence-corrected chi connectivity index (χ0v) is 13.7. The SMILES string of the molecule is CC[C@H](C)[C@H](NC(=O)[C@@H](Nc1ccccc1)C(C)C)C(=O)O. The quantitative estimate of drug-likeness (QED) is 0.690. The van der Waals surface area contributed by atoms with Crippen molar-refractivity contribution >= 4 is 17.6 Å². The molecule has 0 fully saturated rings. The molecule has 5 heteroatoms. The summed E-state index contributed by atoms with van der Waals surface area (Å²) >= 11 is 0. The summed E-state index contributed by atoms with van der Waals surface area (Å²) in [7, 11) is 0. The maximum atomic E-state index is 12.5. The van der Waals surface area contributed by atoms with E-state index < -0.39 is 18.1 Å². The number of nitrogens with one attached hydrogen (secondary N) is 2. The maximum Gasteiger partial charge on any atom is 0.326 e. The van der Waals surface area contributed by atoms with E-state index in [9.17, 15) is 14.7 Å². The van der Waals surface area contributed by atoms with Gasteiger partial charge in [-0.25, -0.2) is 4.79 Å². The number of carbonyl (C=O) groups excluding carboxylic acids is 1. The van der Waals surface area contributed by atoms with Crippen LogP contribution in [-0.4, -0.2) is 29.1 Å². The van der Waals surface area contributed by atoms with Crippen LogP contribution in [0.3, 0.4) is 0 Å². The Hall–Kier alpha value is -2.04. The van der Waals surface area contributed by atoms with Crippen molar-refractivity contribution < 1.29 is 14.7 Å². The summed E-state index contributed by atoms with van der Waals surface area (Å²) in [5, 5.41) is 15.1. The Labute approximate surface area is 132 Å². The number of carbonyl (C=O) groups is 2. The van der Waals surface area contributed by atoms with Gasteiger partial charge in [0.15, 0.2) is 0 Å². The van der Waals surface area contributed by atoms with Gasteiger partial charge in [0.1, 0.15) is 12.1 Å². The largest absolute Gasteiger partial charge is 0.480 e. The molecule has 0 spiro atoms. The first-order chi connectivity index (χ1) is 10.4. The van der Waals surface area contributed by atoms with Crippen LogP contribution in [0.4, 0.5) is 5.69 Å². The lowest BCUT2D eigenvalue weighted by Crippen LogP contribution is -2.51. The predicted octanol–water partition coefficient (Wildman–Crippen LogP) is 2.74. The molecule has 0 saturated carbocycles. The van der Waals surface area contributed by atoms with Crippen LogP contribution >= 0.6 is 0 Å². The Balaban J connectivity index is 2.82. The molecule has 0 saturated heterocycles. The lowest BCUT2D eigenvalue weighted by atomic mass is 9.97. The third kappa shape index (κ3) is 5.06. The molecule has 0 aliphatic rings. The second kappa shape index (κ2) is 8.41. The Kier molecular flexibility index (Phi) is 6.89. The molecular weight excluding hydrogens is 280 g/mol. The van der Waals surface area contributed by atoms with Crippen molar-refractivity contribution in [1.29, 1.82) is 0 Å². The van der Waals surface area contributed by atoms with Gasteiger partial charge in [-0.15, -0.1) is 0 Å². The number of hydrogen-bond donors (Lipinski definition) is 3. The molecule has 122 valence electrons. The van der Waals surface area contributed by atoms with Crippen LogP contribution in [0.15, 0.2) is 30.3 Å². The van der Waals surface area contributed by atoms with Crippen molar-refractivity contribution in [2.24, 2.45) is 11.8 Å². The number of aliphatic carboxylic acids is 1. The summed E-state index contributed by atoms with van der Waals surface area (Å²) < 4.78 is 0. The molecule has 1 rings (SSSR count). The minimum absolute atomic E-state index is 0.0339. The smallest absolute Gasteiger partial charge is 0.326 e. The van der Waals surface area contributed by atoms with Crippen molar-refractivity contribution in [2.75, 3.05) is 5.32 Å². The monoisotopic (exact) mass is 306 g/mol. The maximum absolute atomic E-state index is 12.5. The van der Waals surface area contributed by atoms with E-state index in [2.05, 4.69) is 10.6 Å². The molecule has 0 aromatic heterocycles. The minimum Gasteiger partial charge on any atom is -0.480 e. The van der Waals surface area contributed by atoms with Crippen LogP contribution in [0, 0.1) is 11.8 Å². The molecule has 0 radical (unpaired) electrons. The van der Waals surface area contributed by atoms with Crippen LogP contribution in [0.2, 0.25) is 0 Å². The third-order valence-corrected chi connectivity index (χ3v) is 3.82. The molecule has 0 aliphatic heterocycles. The lowest BCUT2D eigenvalue weighted by molar-refractivity contribution is -0.143. The number of amides is 1. The third-order valence-electron chi connectivity index (χ3n) is 3.82. The summed E-state index contributed by atoms with van der Waals surface area (Å²) in [6, 6.07) is 8.09. The first kappa shape index (κ1) is 18.0. The number of anilines is 1.